The van der Waals surface area contributed by atoms with Gasteiger partial charge in [0.25, 0.3) is 0 Å². The van der Waals surface area contributed by atoms with Gasteiger partial charge in [-0.25, -0.2) is 8.42 Å². The van der Waals surface area contributed by atoms with Crippen LogP contribution in [0.5, 0.6) is 0 Å². The van der Waals surface area contributed by atoms with Crippen LogP contribution in [-0.2, 0) is 20.2 Å². The molecule has 25 heavy (non-hydrogen) atoms. The first-order chi connectivity index (χ1) is 11.5. The Morgan fingerprint density at radius 3 is 2.12 bits per heavy atom. The third kappa shape index (κ3) is 4.61. The van der Waals surface area contributed by atoms with Crippen LogP contribution in [0.2, 0.25) is 0 Å². The second-order valence-corrected chi connectivity index (χ2v) is 9.95. The molecule has 1 saturated heterocycles. The summed E-state index contributed by atoms with van der Waals surface area (Å²) in [5.74, 6) is 0.0295. The molecule has 0 spiro atoms. The highest BCUT2D eigenvalue weighted by Crippen LogP contribution is 2.25. The normalized spacial score (nSPS) is 17.6. The van der Waals surface area contributed by atoms with Crippen molar-refractivity contribution in [2.45, 2.75) is 51.3 Å². The van der Waals surface area contributed by atoms with E-state index in [0.717, 1.165) is 5.56 Å². The van der Waals surface area contributed by atoms with Gasteiger partial charge >= 0.3 is 0 Å². The van der Waals surface area contributed by atoms with Gasteiger partial charge in [0, 0.05) is 32.1 Å². The molecule has 0 saturated carbocycles. The maximum Gasteiger partial charge on any atom is 0.243 e. The molecule has 1 aromatic rings. The molecule has 1 aromatic carbocycles. The number of nitrogens with zero attached hydrogens (tertiary/aromatic N) is 2. The van der Waals surface area contributed by atoms with Crippen molar-refractivity contribution in [1.82, 2.24) is 9.21 Å². The van der Waals surface area contributed by atoms with Crippen LogP contribution in [0, 0.1) is 5.92 Å². The minimum atomic E-state index is -3.52. The number of sulfonamides is 1. The number of rotatable bonds is 3. The van der Waals surface area contributed by atoms with Gasteiger partial charge in [-0.2, -0.15) is 4.31 Å². The summed E-state index contributed by atoms with van der Waals surface area (Å²) >= 11 is 0. The molecule has 1 heterocycles. The molecule has 6 heteroatoms. The first-order valence-corrected chi connectivity index (χ1v) is 10.4. The lowest BCUT2D eigenvalue weighted by Crippen LogP contribution is -2.38. The zero-order chi connectivity index (χ0) is 18.8. The molecule has 0 N–H and O–H groups in total. The molecular weight excluding hydrogens is 336 g/mol. The molecular formula is C19H30N2O3S. The standard InChI is InChI=1S/C19H30N2O3S/c1-15(2)18(22)20-11-6-12-21(14-13-20)25(23,24)17-9-7-16(8-10-17)19(3,4)5/h7-10,15H,6,11-14H2,1-5H3. The Bertz CT molecular complexity index is 703. The maximum atomic E-state index is 12.9. The molecule has 2 rings (SSSR count). The van der Waals surface area contributed by atoms with E-state index in [0.29, 0.717) is 37.5 Å². The summed E-state index contributed by atoms with van der Waals surface area (Å²) in [4.78, 5) is 14.3. The van der Waals surface area contributed by atoms with Crippen molar-refractivity contribution < 1.29 is 13.2 Å². The Kier molecular flexibility index (Phi) is 5.94. The zero-order valence-electron chi connectivity index (χ0n) is 15.9. The van der Waals surface area contributed by atoms with E-state index in [2.05, 4.69) is 20.8 Å². The largest absolute Gasteiger partial charge is 0.341 e. The maximum absolute atomic E-state index is 12.9. The summed E-state index contributed by atoms with van der Waals surface area (Å²) in [6, 6.07) is 7.16. The number of benzene rings is 1. The van der Waals surface area contributed by atoms with Crippen molar-refractivity contribution in [2.24, 2.45) is 5.92 Å². The summed E-state index contributed by atoms with van der Waals surface area (Å²) in [7, 11) is -3.52. The predicted octanol–water partition coefficient (Wildman–Crippen LogP) is 2.86. The van der Waals surface area contributed by atoms with Crippen molar-refractivity contribution >= 4 is 15.9 Å². The van der Waals surface area contributed by atoms with Crippen molar-refractivity contribution in [3.63, 3.8) is 0 Å². The van der Waals surface area contributed by atoms with E-state index in [1.165, 1.54) is 4.31 Å². The third-order valence-corrected chi connectivity index (χ3v) is 6.53. The van der Waals surface area contributed by atoms with E-state index in [9.17, 15) is 13.2 Å². The van der Waals surface area contributed by atoms with E-state index < -0.39 is 10.0 Å². The molecule has 1 aliphatic rings. The second-order valence-electron chi connectivity index (χ2n) is 8.01. The Balaban J connectivity index is 2.16. The second kappa shape index (κ2) is 7.46. The van der Waals surface area contributed by atoms with Crippen molar-refractivity contribution in [1.29, 1.82) is 0 Å². The molecule has 0 aliphatic carbocycles. The van der Waals surface area contributed by atoms with E-state index in [1.54, 1.807) is 17.0 Å². The van der Waals surface area contributed by atoms with Gasteiger partial charge in [-0.15, -0.1) is 0 Å². The summed E-state index contributed by atoms with van der Waals surface area (Å²) in [5, 5.41) is 0. The summed E-state index contributed by atoms with van der Waals surface area (Å²) in [6.45, 7) is 11.9. The molecule has 1 fully saturated rings. The van der Waals surface area contributed by atoms with Gasteiger partial charge in [0.05, 0.1) is 4.90 Å². The minimum Gasteiger partial charge on any atom is -0.341 e. The van der Waals surface area contributed by atoms with Gasteiger partial charge in [0.1, 0.15) is 0 Å². The van der Waals surface area contributed by atoms with Gasteiger partial charge in [-0.3, -0.25) is 4.79 Å². The molecule has 1 amide bonds. The van der Waals surface area contributed by atoms with Crippen LogP contribution in [-0.4, -0.2) is 49.7 Å². The van der Waals surface area contributed by atoms with Crippen molar-refractivity contribution in [2.75, 3.05) is 26.2 Å². The predicted molar refractivity (Wildman–Crippen MR) is 99.9 cm³/mol. The van der Waals surface area contributed by atoms with Crippen LogP contribution in [0.3, 0.4) is 0 Å². The van der Waals surface area contributed by atoms with Crippen LogP contribution in [0.15, 0.2) is 29.2 Å². The lowest BCUT2D eigenvalue weighted by Gasteiger charge is -2.24. The van der Waals surface area contributed by atoms with Crippen LogP contribution >= 0.6 is 0 Å². The van der Waals surface area contributed by atoms with Crippen molar-refractivity contribution in [3.05, 3.63) is 29.8 Å². The topological polar surface area (TPSA) is 57.7 Å². The van der Waals surface area contributed by atoms with Crippen LogP contribution in [0.4, 0.5) is 0 Å². The fourth-order valence-electron chi connectivity index (χ4n) is 3.00. The lowest BCUT2D eigenvalue weighted by atomic mass is 9.87. The van der Waals surface area contributed by atoms with E-state index in [4.69, 9.17) is 0 Å². The molecule has 1 aliphatic heterocycles. The number of carbonyl (C=O) groups excluding carboxylic acids is 1. The minimum absolute atomic E-state index is 0.0113. The SMILES string of the molecule is CC(C)C(=O)N1CCCN(S(=O)(=O)c2ccc(C(C)(C)C)cc2)CC1. The Morgan fingerprint density at radius 2 is 1.60 bits per heavy atom. The fraction of sp³-hybridized carbons (Fsp3) is 0.632. The Labute approximate surface area is 152 Å². The molecule has 0 radical (unpaired) electrons. The van der Waals surface area contributed by atoms with E-state index >= 15 is 0 Å². The highest BCUT2D eigenvalue weighted by molar-refractivity contribution is 7.89. The van der Waals surface area contributed by atoms with Gasteiger partial charge < -0.3 is 4.90 Å². The summed E-state index contributed by atoms with van der Waals surface area (Å²) in [6.07, 6.45) is 0.664. The molecule has 0 bridgehead atoms. The molecule has 140 valence electrons. The highest BCUT2D eigenvalue weighted by Gasteiger charge is 2.29. The molecule has 0 unspecified atom stereocenters. The Morgan fingerprint density at radius 1 is 1.00 bits per heavy atom. The van der Waals surface area contributed by atoms with Gasteiger partial charge in [0.15, 0.2) is 0 Å². The Hall–Kier alpha value is -1.40. The molecule has 5 nitrogen and oxygen atoms in total. The summed E-state index contributed by atoms with van der Waals surface area (Å²) in [5.41, 5.74) is 1.10. The van der Waals surface area contributed by atoms with E-state index in [1.807, 2.05) is 26.0 Å². The molecule has 0 atom stereocenters. The third-order valence-electron chi connectivity index (χ3n) is 4.62. The average molecular weight is 367 g/mol. The smallest absolute Gasteiger partial charge is 0.243 e. The number of hydrogen-bond donors (Lipinski definition) is 0. The number of carbonyl (C=O) groups is 1. The fourth-order valence-corrected chi connectivity index (χ4v) is 4.47. The van der Waals surface area contributed by atoms with Gasteiger partial charge in [-0.1, -0.05) is 46.8 Å². The quantitative estimate of drug-likeness (QED) is 0.826. The first kappa shape index (κ1) is 19.9. The lowest BCUT2D eigenvalue weighted by molar-refractivity contribution is -0.134. The highest BCUT2D eigenvalue weighted by atomic mass is 32.2. The average Bonchev–Trinajstić information content (AvgIpc) is 2.79. The van der Waals surface area contributed by atoms with Crippen LogP contribution in [0.1, 0.15) is 46.6 Å². The number of hydrogen-bond acceptors (Lipinski definition) is 3. The summed E-state index contributed by atoms with van der Waals surface area (Å²) < 4.78 is 27.4. The zero-order valence-corrected chi connectivity index (χ0v) is 16.8. The van der Waals surface area contributed by atoms with Crippen molar-refractivity contribution in [3.8, 4) is 0 Å². The first-order valence-electron chi connectivity index (χ1n) is 8.93. The number of amides is 1. The van der Waals surface area contributed by atoms with Crippen LogP contribution in [0.25, 0.3) is 0 Å². The van der Waals surface area contributed by atoms with Gasteiger partial charge in [-0.05, 0) is 29.5 Å². The van der Waals surface area contributed by atoms with E-state index in [-0.39, 0.29) is 17.2 Å². The monoisotopic (exact) mass is 366 g/mol. The molecule has 0 aromatic heterocycles. The van der Waals surface area contributed by atoms with Gasteiger partial charge in [0.2, 0.25) is 15.9 Å². The van der Waals surface area contributed by atoms with Crippen LogP contribution < -0.4 is 0 Å².